The van der Waals surface area contributed by atoms with Crippen LogP contribution in [0.2, 0.25) is 0 Å². The molecule has 2 rings (SSSR count). The molecule has 28 heavy (non-hydrogen) atoms. The lowest BCUT2D eigenvalue weighted by Gasteiger charge is -2.16. The number of thiocarbonyl (C=S) groups is 1. The second-order valence-electron chi connectivity index (χ2n) is 5.42. The Kier molecular flexibility index (Phi) is 6.49. The number of nitrogens with zero attached hydrogens (tertiary/aromatic N) is 2. The average molecular weight is 425 g/mol. The van der Waals surface area contributed by atoms with E-state index >= 15 is 0 Å². The summed E-state index contributed by atoms with van der Waals surface area (Å²) in [6.07, 6.45) is -1.49. The molecule has 0 bridgehead atoms. The zero-order valence-electron chi connectivity index (χ0n) is 14.2. The van der Waals surface area contributed by atoms with E-state index in [1.165, 1.54) is 18.2 Å². The van der Waals surface area contributed by atoms with Crippen LogP contribution in [0, 0.1) is 10.1 Å². The quantitative estimate of drug-likeness (QED) is 0.294. The van der Waals surface area contributed by atoms with Gasteiger partial charge in [0, 0.05) is 18.2 Å². The van der Waals surface area contributed by atoms with E-state index < -0.39 is 36.8 Å². The summed E-state index contributed by atoms with van der Waals surface area (Å²) in [6.45, 7) is -0.224. The van der Waals surface area contributed by atoms with Crippen LogP contribution in [-0.4, -0.2) is 41.1 Å². The number of benzene rings is 2. The fourth-order valence-electron chi connectivity index (χ4n) is 2.26. The van der Waals surface area contributed by atoms with E-state index in [2.05, 4.69) is 12.2 Å². The summed E-state index contributed by atoms with van der Waals surface area (Å²) in [6, 6.07) is 10.9. The van der Waals surface area contributed by atoms with Crippen molar-refractivity contribution in [2.24, 2.45) is 5.73 Å². The molecule has 148 valence electrons. The van der Waals surface area contributed by atoms with Gasteiger partial charge in [-0.15, -0.1) is 0 Å². The molecule has 0 aliphatic rings. The van der Waals surface area contributed by atoms with Gasteiger partial charge in [-0.1, -0.05) is 24.3 Å². The number of carbonyl (C=O) groups is 1. The minimum absolute atomic E-state index is 0.0581. The Balaban J connectivity index is 2.31. The van der Waals surface area contributed by atoms with Crippen LogP contribution in [0.4, 0.5) is 10.5 Å². The van der Waals surface area contributed by atoms with Crippen molar-refractivity contribution >= 4 is 39.2 Å². The van der Waals surface area contributed by atoms with Gasteiger partial charge < -0.3 is 15.0 Å². The van der Waals surface area contributed by atoms with E-state index in [0.29, 0.717) is 4.90 Å². The third-order valence-corrected chi connectivity index (χ3v) is 5.06. The second kappa shape index (κ2) is 8.63. The van der Waals surface area contributed by atoms with Gasteiger partial charge in [-0.2, -0.15) is 8.42 Å². The molecule has 0 saturated carbocycles. The molecular weight excluding hydrogens is 410 g/mol. The van der Waals surface area contributed by atoms with E-state index in [0.717, 1.165) is 12.1 Å². The van der Waals surface area contributed by atoms with Crippen molar-refractivity contribution in [3.05, 3.63) is 64.2 Å². The molecule has 0 heterocycles. The van der Waals surface area contributed by atoms with Gasteiger partial charge in [0.1, 0.15) is 10.6 Å². The number of nitro groups is 1. The first-order valence-corrected chi connectivity index (χ1v) is 9.50. The van der Waals surface area contributed by atoms with Crippen molar-refractivity contribution in [3.63, 3.8) is 0 Å². The molecule has 2 aromatic rings. The highest BCUT2D eigenvalue weighted by Gasteiger charge is 2.24. The SMILES string of the molecule is NC(=S)N(CCc1ccc(S(=O)(=O)Oc2ccccc2)cc1[N+](=O)[O-])C(=O)O. The predicted octanol–water partition coefficient (Wildman–Crippen LogP) is 2.13. The Labute approximate surface area is 165 Å². The molecule has 0 radical (unpaired) electrons. The molecule has 2 aromatic carbocycles. The molecule has 0 unspecified atom stereocenters. The molecule has 0 aliphatic carbocycles. The van der Waals surface area contributed by atoms with Crippen LogP contribution in [0.25, 0.3) is 0 Å². The summed E-state index contributed by atoms with van der Waals surface area (Å²) >= 11 is 4.62. The van der Waals surface area contributed by atoms with E-state index in [-0.39, 0.29) is 24.3 Å². The van der Waals surface area contributed by atoms with E-state index in [1.54, 1.807) is 18.2 Å². The molecule has 0 aliphatic heterocycles. The summed E-state index contributed by atoms with van der Waals surface area (Å²) in [7, 11) is -4.29. The van der Waals surface area contributed by atoms with Crippen LogP contribution in [-0.2, 0) is 16.5 Å². The van der Waals surface area contributed by atoms with Crippen LogP contribution in [0.5, 0.6) is 5.75 Å². The van der Waals surface area contributed by atoms with Crippen LogP contribution >= 0.6 is 12.2 Å². The lowest BCUT2D eigenvalue weighted by molar-refractivity contribution is -0.385. The summed E-state index contributed by atoms with van der Waals surface area (Å²) < 4.78 is 29.7. The van der Waals surface area contributed by atoms with Crippen molar-refractivity contribution in [1.29, 1.82) is 0 Å². The Morgan fingerprint density at radius 1 is 1.25 bits per heavy atom. The Hall–Kier alpha value is -3.25. The van der Waals surface area contributed by atoms with E-state index in [9.17, 15) is 23.3 Å². The molecule has 3 N–H and O–H groups in total. The van der Waals surface area contributed by atoms with E-state index in [4.69, 9.17) is 15.0 Å². The van der Waals surface area contributed by atoms with Gasteiger partial charge in [0.25, 0.3) is 5.69 Å². The fourth-order valence-corrected chi connectivity index (χ4v) is 3.38. The zero-order valence-corrected chi connectivity index (χ0v) is 15.9. The number of hydrogen-bond donors (Lipinski definition) is 2. The minimum atomic E-state index is -4.29. The molecule has 0 atom stereocenters. The average Bonchev–Trinajstić information content (AvgIpc) is 2.61. The Morgan fingerprint density at radius 3 is 2.43 bits per heavy atom. The van der Waals surface area contributed by atoms with Crippen LogP contribution < -0.4 is 9.92 Å². The van der Waals surface area contributed by atoms with Gasteiger partial charge in [0.2, 0.25) is 0 Å². The number of nitro benzene ring substituents is 1. The maximum atomic E-state index is 12.4. The lowest BCUT2D eigenvalue weighted by atomic mass is 10.1. The standard InChI is InChI=1S/C16H15N3O7S2/c17-15(27)18(16(20)21)9-8-11-6-7-13(10-14(11)19(22)23)28(24,25)26-12-4-2-1-3-5-12/h1-7,10H,8-9H2,(H2,17,27)(H,20,21). The minimum Gasteiger partial charge on any atom is -0.465 e. The molecule has 0 aromatic heterocycles. The van der Waals surface area contributed by atoms with Crippen molar-refractivity contribution in [1.82, 2.24) is 4.90 Å². The first kappa shape index (κ1) is 21.1. The first-order chi connectivity index (χ1) is 13.1. The molecule has 0 spiro atoms. The maximum absolute atomic E-state index is 12.4. The molecule has 10 nitrogen and oxygen atoms in total. The highest BCUT2D eigenvalue weighted by Crippen LogP contribution is 2.26. The number of rotatable bonds is 7. The number of nitrogens with two attached hydrogens (primary N) is 1. The van der Waals surface area contributed by atoms with Crippen LogP contribution in [0.15, 0.2) is 53.4 Å². The van der Waals surface area contributed by atoms with Gasteiger partial charge in [-0.25, -0.2) is 4.79 Å². The topological polar surface area (TPSA) is 153 Å². The molecular formula is C16H15N3O7S2. The third kappa shape index (κ3) is 5.14. The highest BCUT2D eigenvalue weighted by atomic mass is 32.2. The first-order valence-electron chi connectivity index (χ1n) is 7.68. The largest absolute Gasteiger partial charge is 0.465 e. The van der Waals surface area contributed by atoms with Gasteiger partial charge in [-0.3, -0.25) is 15.0 Å². The Bertz CT molecular complexity index is 996. The molecule has 0 fully saturated rings. The summed E-state index contributed by atoms with van der Waals surface area (Å²) in [5, 5.41) is 20.0. The van der Waals surface area contributed by atoms with Crippen molar-refractivity contribution < 1.29 is 27.4 Å². The molecule has 1 amide bonds. The smallest absolute Gasteiger partial charge is 0.413 e. The fraction of sp³-hybridized carbons (Fsp3) is 0.125. The van der Waals surface area contributed by atoms with Gasteiger partial charge in [0.15, 0.2) is 5.11 Å². The van der Waals surface area contributed by atoms with E-state index in [1.807, 2.05) is 0 Å². The second-order valence-corrected chi connectivity index (χ2v) is 7.39. The lowest BCUT2D eigenvalue weighted by Crippen LogP contribution is -2.40. The number of carboxylic acid groups (broad SMARTS) is 1. The molecule has 12 heteroatoms. The predicted molar refractivity (Wildman–Crippen MR) is 103 cm³/mol. The summed E-state index contributed by atoms with van der Waals surface area (Å²) in [5.41, 5.74) is 4.92. The third-order valence-electron chi connectivity index (χ3n) is 3.59. The van der Waals surface area contributed by atoms with Gasteiger partial charge in [0.05, 0.1) is 4.92 Å². The summed E-state index contributed by atoms with van der Waals surface area (Å²) in [5.74, 6) is 0.0581. The van der Waals surface area contributed by atoms with Crippen molar-refractivity contribution in [3.8, 4) is 5.75 Å². The zero-order chi connectivity index (χ0) is 20.9. The van der Waals surface area contributed by atoms with Crippen LogP contribution in [0.3, 0.4) is 0 Å². The Morgan fingerprint density at radius 2 is 1.89 bits per heavy atom. The van der Waals surface area contributed by atoms with Crippen LogP contribution in [0.1, 0.15) is 5.56 Å². The number of hydrogen-bond acceptors (Lipinski definition) is 7. The van der Waals surface area contributed by atoms with Crippen molar-refractivity contribution in [2.45, 2.75) is 11.3 Å². The number of para-hydroxylation sites is 1. The van der Waals surface area contributed by atoms with Gasteiger partial charge >= 0.3 is 16.2 Å². The monoisotopic (exact) mass is 425 g/mol. The normalized spacial score (nSPS) is 10.9. The molecule has 0 saturated heterocycles. The highest BCUT2D eigenvalue weighted by molar-refractivity contribution is 7.87. The van der Waals surface area contributed by atoms with Gasteiger partial charge in [-0.05, 0) is 36.8 Å². The van der Waals surface area contributed by atoms with Crippen molar-refractivity contribution in [2.75, 3.05) is 6.54 Å². The maximum Gasteiger partial charge on any atom is 0.413 e. The number of amides is 1. The summed E-state index contributed by atoms with van der Waals surface area (Å²) in [4.78, 5) is 21.9.